The molecule has 2 fully saturated rings. The van der Waals surface area contributed by atoms with Crippen LogP contribution in [0.3, 0.4) is 0 Å². The van der Waals surface area contributed by atoms with Crippen molar-refractivity contribution in [1.82, 2.24) is 20.2 Å². The zero-order chi connectivity index (χ0) is 20.1. The average molecular weight is 396 g/mol. The number of nitrogens with one attached hydrogen (secondary N) is 1. The van der Waals surface area contributed by atoms with Gasteiger partial charge in [-0.1, -0.05) is 29.8 Å². The van der Waals surface area contributed by atoms with E-state index in [0.717, 1.165) is 38.5 Å². The molecular weight excluding hydrogens is 366 g/mol. The molecule has 0 saturated carbocycles. The first-order chi connectivity index (χ1) is 14.2. The second kappa shape index (κ2) is 9.22. The highest BCUT2D eigenvalue weighted by Crippen LogP contribution is 2.33. The zero-order valence-electron chi connectivity index (χ0n) is 17.0. The first-order valence-electron chi connectivity index (χ1n) is 10.4. The van der Waals surface area contributed by atoms with Crippen LogP contribution in [0.4, 0.5) is 10.7 Å². The van der Waals surface area contributed by atoms with Gasteiger partial charge < -0.3 is 19.9 Å². The van der Waals surface area contributed by atoms with Crippen molar-refractivity contribution in [2.45, 2.75) is 25.9 Å². The molecule has 1 aromatic heterocycles. The molecule has 4 rings (SSSR count). The third-order valence-electron chi connectivity index (χ3n) is 5.77. The molecule has 154 valence electrons. The molecule has 7 nitrogen and oxygen atoms in total. The van der Waals surface area contributed by atoms with E-state index in [9.17, 15) is 4.79 Å². The number of carbonyl (C=O) groups excluding carboxylic acids is 1. The third-order valence-corrected chi connectivity index (χ3v) is 5.77. The normalized spacial score (nSPS) is 22.4. The van der Waals surface area contributed by atoms with Gasteiger partial charge in [0.15, 0.2) is 0 Å². The maximum atomic E-state index is 12.7. The standard InChI is InChI=1S/C22H29N5O2/c1-17-5-7-18(8-6-17)20-19(4-2-15-29-20)16-25-22(28)27-13-11-26(12-14-27)21-23-9-3-10-24-21/h3,5-10,19-20H,2,4,11-16H2,1H3,(H,25,28)/t19-,20+/m1/s1. The van der Waals surface area contributed by atoms with Crippen LogP contribution in [-0.2, 0) is 4.74 Å². The fraction of sp³-hybridized carbons (Fsp3) is 0.500. The molecule has 7 heteroatoms. The summed E-state index contributed by atoms with van der Waals surface area (Å²) in [4.78, 5) is 25.3. The molecule has 2 amide bonds. The van der Waals surface area contributed by atoms with Gasteiger partial charge in [0.1, 0.15) is 0 Å². The highest BCUT2D eigenvalue weighted by Gasteiger charge is 2.29. The predicted octanol–water partition coefficient (Wildman–Crippen LogP) is 2.78. The molecule has 2 aliphatic rings. The highest BCUT2D eigenvalue weighted by atomic mass is 16.5. The van der Waals surface area contributed by atoms with Crippen LogP contribution in [0.25, 0.3) is 0 Å². The Balaban J connectivity index is 1.29. The van der Waals surface area contributed by atoms with Gasteiger partial charge in [0, 0.05) is 57.6 Å². The third kappa shape index (κ3) is 4.85. The average Bonchev–Trinajstić information content (AvgIpc) is 2.79. The minimum atomic E-state index is 0.00635. The molecular formula is C22H29N5O2. The number of ether oxygens (including phenoxy) is 1. The Hall–Kier alpha value is -2.67. The van der Waals surface area contributed by atoms with E-state index >= 15 is 0 Å². The summed E-state index contributed by atoms with van der Waals surface area (Å²) in [6.07, 6.45) is 5.66. The number of anilines is 1. The minimum Gasteiger partial charge on any atom is -0.373 e. The second-order valence-corrected chi connectivity index (χ2v) is 7.81. The number of hydrogen-bond donors (Lipinski definition) is 1. The van der Waals surface area contributed by atoms with E-state index in [1.807, 2.05) is 11.0 Å². The van der Waals surface area contributed by atoms with E-state index < -0.39 is 0 Å². The van der Waals surface area contributed by atoms with E-state index in [1.165, 1.54) is 11.1 Å². The lowest BCUT2D eigenvalue weighted by atomic mass is 9.89. The molecule has 0 aliphatic carbocycles. The number of aryl methyl sites for hydroxylation is 1. The van der Waals surface area contributed by atoms with Gasteiger partial charge in [0.05, 0.1) is 6.10 Å². The summed E-state index contributed by atoms with van der Waals surface area (Å²) in [5, 5.41) is 3.15. The molecule has 1 aromatic carbocycles. The van der Waals surface area contributed by atoms with Crippen LogP contribution in [-0.4, -0.2) is 60.2 Å². The zero-order valence-corrected chi connectivity index (χ0v) is 17.0. The van der Waals surface area contributed by atoms with Crippen LogP contribution in [0.15, 0.2) is 42.7 Å². The summed E-state index contributed by atoms with van der Waals surface area (Å²) < 4.78 is 6.07. The Bertz CT molecular complexity index is 791. The number of carbonyl (C=O) groups is 1. The van der Waals surface area contributed by atoms with Gasteiger partial charge >= 0.3 is 6.03 Å². The lowest BCUT2D eigenvalue weighted by molar-refractivity contribution is -0.0271. The Morgan fingerprint density at radius 2 is 1.86 bits per heavy atom. The summed E-state index contributed by atoms with van der Waals surface area (Å²) in [7, 11) is 0. The summed E-state index contributed by atoms with van der Waals surface area (Å²) in [6.45, 7) is 6.35. The molecule has 0 unspecified atom stereocenters. The Labute approximate surface area is 172 Å². The molecule has 0 spiro atoms. The summed E-state index contributed by atoms with van der Waals surface area (Å²) >= 11 is 0. The van der Waals surface area contributed by atoms with E-state index in [4.69, 9.17) is 4.74 Å². The van der Waals surface area contributed by atoms with E-state index in [-0.39, 0.29) is 12.1 Å². The molecule has 2 atom stereocenters. The summed E-state index contributed by atoms with van der Waals surface area (Å²) in [5.41, 5.74) is 2.44. The Morgan fingerprint density at radius 3 is 2.59 bits per heavy atom. The van der Waals surface area contributed by atoms with Crippen molar-refractivity contribution < 1.29 is 9.53 Å². The number of nitrogens with zero attached hydrogens (tertiary/aromatic N) is 4. The van der Waals surface area contributed by atoms with Crippen molar-refractivity contribution in [3.63, 3.8) is 0 Å². The molecule has 29 heavy (non-hydrogen) atoms. The van der Waals surface area contributed by atoms with Crippen molar-refractivity contribution in [1.29, 1.82) is 0 Å². The summed E-state index contributed by atoms with van der Waals surface area (Å²) in [6, 6.07) is 10.4. The van der Waals surface area contributed by atoms with E-state index in [2.05, 4.69) is 51.4 Å². The lowest BCUT2D eigenvalue weighted by Crippen LogP contribution is -2.53. The number of rotatable bonds is 4. The topological polar surface area (TPSA) is 70.6 Å². The molecule has 0 radical (unpaired) electrons. The smallest absolute Gasteiger partial charge is 0.317 e. The monoisotopic (exact) mass is 395 g/mol. The largest absolute Gasteiger partial charge is 0.373 e. The molecule has 1 N–H and O–H groups in total. The fourth-order valence-corrected chi connectivity index (χ4v) is 4.07. The Morgan fingerprint density at radius 1 is 1.14 bits per heavy atom. The van der Waals surface area contributed by atoms with Crippen LogP contribution in [0.5, 0.6) is 0 Å². The first-order valence-corrected chi connectivity index (χ1v) is 10.4. The van der Waals surface area contributed by atoms with Crippen LogP contribution < -0.4 is 10.2 Å². The van der Waals surface area contributed by atoms with Crippen molar-refractivity contribution >= 4 is 12.0 Å². The molecule has 2 saturated heterocycles. The van der Waals surface area contributed by atoms with Gasteiger partial charge in [0.2, 0.25) is 5.95 Å². The number of hydrogen-bond acceptors (Lipinski definition) is 5. The van der Waals surface area contributed by atoms with Crippen molar-refractivity contribution in [3.8, 4) is 0 Å². The van der Waals surface area contributed by atoms with Crippen LogP contribution in [0.2, 0.25) is 0 Å². The highest BCUT2D eigenvalue weighted by molar-refractivity contribution is 5.74. The van der Waals surface area contributed by atoms with Crippen LogP contribution in [0.1, 0.15) is 30.1 Å². The van der Waals surface area contributed by atoms with Crippen molar-refractivity contribution in [2.75, 3.05) is 44.2 Å². The quantitative estimate of drug-likeness (QED) is 0.862. The molecule has 2 aliphatic heterocycles. The van der Waals surface area contributed by atoms with Gasteiger partial charge in [-0.3, -0.25) is 0 Å². The number of amides is 2. The van der Waals surface area contributed by atoms with E-state index in [0.29, 0.717) is 25.6 Å². The fourth-order valence-electron chi connectivity index (χ4n) is 4.07. The molecule has 0 bridgehead atoms. The van der Waals surface area contributed by atoms with Crippen LogP contribution >= 0.6 is 0 Å². The van der Waals surface area contributed by atoms with Gasteiger partial charge in [-0.2, -0.15) is 0 Å². The van der Waals surface area contributed by atoms with Gasteiger partial charge in [-0.05, 0) is 31.4 Å². The molecule has 2 aromatic rings. The Kier molecular flexibility index (Phi) is 6.24. The van der Waals surface area contributed by atoms with Gasteiger partial charge in [-0.25, -0.2) is 14.8 Å². The number of urea groups is 1. The number of aromatic nitrogens is 2. The SMILES string of the molecule is Cc1ccc([C@@H]2OCCC[C@@H]2CNC(=O)N2CCN(c3ncccn3)CC2)cc1. The van der Waals surface area contributed by atoms with Crippen LogP contribution in [0, 0.1) is 12.8 Å². The van der Waals surface area contributed by atoms with Gasteiger partial charge in [-0.15, -0.1) is 0 Å². The van der Waals surface area contributed by atoms with E-state index in [1.54, 1.807) is 12.4 Å². The maximum Gasteiger partial charge on any atom is 0.317 e. The molecule has 3 heterocycles. The second-order valence-electron chi connectivity index (χ2n) is 7.81. The van der Waals surface area contributed by atoms with Crippen molar-refractivity contribution in [3.05, 3.63) is 53.9 Å². The predicted molar refractivity (Wildman–Crippen MR) is 112 cm³/mol. The number of benzene rings is 1. The van der Waals surface area contributed by atoms with Gasteiger partial charge in [0.25, 0.3) is 0 Å². The number of piperazine rings is 1. The van der Waals surface area contributed by atoms with Crippen molar-refractivity contribution in [2.24, 2.45) is 5.92 Å². The first kappa shape index (κ1) is 19.6. The summed E-state index contributed by atoms with van der Waals surface area (Å²) in [5.74, 6) is 1.03. The minimum absolute atomic E-state index is 0.00635. The lowest BCUT2D eigenvalue weighted by Gasteiger charge is -2.36. The maximum absolute atomic E-state index is 12.7.